The molecule has 5 heterocycles. The highest BCUT2D eigenvalue weighted by Crippen LogP contribution is 2.55. The van der Waals surface area contributed by atoms with E-state index in [1.165, 1.54) is 46.6 Å². The van der Waals surface area contributed by atoms with Gasteiger partial charge in [0.2, 0.25) is 5.91 Å². The van der Waals surface area contributed by atoms with Gasteiger partial charge in [-0.3, -0.25) is 9.36 Å². The molecule has 1 amide bonds. The number of rotatable bonds is 4. The zero-order valence-corrected chi connectivity index (χ0v) is 25.2. The Balaban J connectivity index is 1.53. The summed E-state index contributed by atoms with van der Waals surface area (Å²) in [4.78, 5) is 39.6. The summed E-state index contributed by atoms with van der Waals surface area (Å²) in [6.45, 7) is 7.99. The van der Waals surface area contributed by atoms with Crippen molar-refractivity contribution in [1.29, 1.82) is 0 Å². The van der Waals surface area contributed by atoms with Gasteiger partial charge >= 0.3 is 11.9 Å². The van der Waals surface area contributed by atoms with Crippen molar-refractivity contribution in [3.05, 3.63) is 40.1 Å². The Hall–Kier alpha value is -3.10. The topological polar surface area (TPSA) is 97.4 Å². The van der Waals surface area contributed by atoms with Gasteiger partial charge in [0.05, 0.1) is 26.7 Å². The van der Waals surface area contributed by atoms with Gasteiger partial charge in [-0.15, -0.1) is 23.1 Å². The lowest BCUT2D eigenvalue weighted by Crippen LogP contribution is -2.58. The summed E-state index contributed by atoms with van der Waals surface area (Å²) in [6.07, 6.45) is -1.48. The third kappa shape index (κ3) is 4.24. The average Bonchev–Trinajstić information content (AvgIpc) is 3.62. The molecule has 0 spiro atoms. The molecule has 42 heavy (non-hydrogen) atoms. The predicted octanol–water partition coefficient (Wildman–Crippen LogP) is 6.00. The Morgan fingerprint density at radius 1 is 1.19 bits per heavy atom. The van der Waals surface area contributed by atoms with Gasteiger partial charge in [-0.25, -0.2) is 9.78 Å². The number of fused-ring (bicyclic) bond motifs is 1. The fourth-order valence-electron chi connectivity index (χ4n) is 6.33. The Bertz CT molecular complexity index is 1840. The van der Waals surface area contributed by atoms with Crippen LogP contribution >= 0.6 is 34.4 Å². The number of thiazole rings is 1. The normalized spacial score (nSPS) is 22.7. The van der Waals surface area contributed by atoms with Crippen LogP contribution in [0.2, 0.25) is 0 Å². The predicted molar refractivity (Wildman–Crippen MR) is 163 cm³/mol. The maximum atomic E-state index is 15.0. The van der Waals surface area contributed by atoms with E-state index in [9.17, 15) is 22.8 Å². The van der Waals surface area contributed by atoms with E-state index in [4.69, 9.17) is 5.73 Å². The number of aromatic nitrogens is 3. The fourth-order valence-corrected chi connectivity index (χ4v) is 9.79. The van der Waals surface area contributed by atoms with Crippen LogP contribution in [-0.2, 0) is 11.0 Å². The van der Waals surface area contributed by atoms with E-state index >= 15 is 0 Å². The minimum absolute atomic E-state index is 0.0488. The van der Waals surface area contributed by atoms with Crippen LogP contribution in [0.1, 0.15) is 38.3 Å². The molecule has 3 aliphatic rings. The van der Waals surface area contributed by atoms with Crippen LogP contribution in [-0.4, -0.2) is 56.3 Å². The molecule has 1 saturated carbocycles. The highest BCUT2D eigenvalue weighted by molar-refractivity contribution is 7.99. The number of thiophene rings is 1. The van der Waals surface area contributed by atoms with E-state index in [0.717, 1.165) is 17.5 Å². The zero-order valence-electron chi connectivity index (χ0n) is 22.8. The lowest BCUT2D eigenvalue weighted by Gasteiger charge is -2.45. The van der Waals surface area contributed by atoms with Crippen LogP contribution < -0.4 is 16.3 Å². The van der Waals surface area contributed by atoms with Crippen molar-refractivity contribution in [1.82, 2.24) is 19.4 Å². The summed E-state index contributed by atoms with van der Waals surface area (Å²) in [5.41, 5.74) is 5.69. The SMILES string of the molecule is C=CC(=O)N1C[C@H](C)N(c2nc(=O)n3c4c(c(-c5scc6sc(N)nc56)c(C(F)(F)F)cc24)SCC3C2CC2)C[C@H]1C. The largest absolute Gasteiger partial charge is 0.417 e. The van der Waals surface area contributed by atoms with Crippen molar-refractivity contribution in [2.45, 2.75) is 55.9 Å². The molecule has 1 aliphatic carbocycles. The zero-order chi connectivity index (χ0) is 29.7. The standard InChI is InChI=1S/C28H27F3N6O2S3/c1-4-19(38)35-8-13(3)36(9-12(35)2)25-15-7-16(28(29,30)31)20(23-21-18(11-41-23)42-26(32)33-21)24-22(15)37(27(39)34-25)17(10-40-24)14-5-6-14/h4,7,11-14,17H,1,5-6,8-10H2,2-3H3,(H2,32,33)/t12-,13+,17?/m1/s1. The summed E-state index contributed by atoms with van der Waals surface area (Å²) in [7, 11) is 0. The molecule has 7 rings (SSSR count). The summed E-state index contributed by atoms with van der Waals surface area (Å²) in [5, 5.41) is 2.37. The Morgan fingerprint density at radius 3 is 2.64 bits per heavy atom. The molecule has 1 saturated heterocycles. The lowest BCUT2D eigenvalue weighted by molar-refractivity contribution is -0.137. The average molecular weight is 633 g/mol. The number of thioether (sulfide) groups is 1. The van der Waals surface area contributed by atoms with Gasteiger partial charge < -0.3 is 15.5 Å². The smallest absolute Gasteiger partial charge is 0.375 e. The molecule has 8 nitrogen and oxygen atoms in total. The van der Waals surface area contributed by atoms with Gasteiger partial charge in [-0.2, -0.15) is 18.2 Å². The molecule has 14 heteroatoms. The van der Waals surface area contributed by atoms with E-state index in [0.29, 0.717) is 56.1 Å². The van der Waals surface area contributed by atoms with Crippen molar-refractivity contribution in [2.24, 2.45) is 5.92 Å². The quantitative estimate of drug-likeness (QED) is 0.276. The van der Waals surface area contributed by atoms with Crippen LogP contribution in [0.5, 0.6) is 0 Å². The van der Waals surface area contributed by atoms with Crippen LogP contribution in [0.25, 0.3) is 31.6 Å². The molecule has 0 bridgehead atoms. The van der Waals surface area contributed by atoms with Gasteiger partial charge in [-0.05, 0) is 44.7 Å². The Kier molecular flexibility index (Phi) is 6.41. The third-order valence-electron chi connectivity index (χ3n) is 8.46. The number of hydrogen-bond donors (Lipinski definition) is 1. The van der Waals surface area contributed by atoms with Crippen molar-refractivity contribution < 1.29 is 18.0 Å². The number of amides is 1. The second kappa shape index (κ2) is 9.71. The molecule has 1 aromatic carbocycles. The summed E-state index contributed by atoms with van der Waals surface area (Å²) < 4.78 is 47.4. The molecular formula is C28H27F3N6O2S3. The molecule has 3 atom stereocenters. The van der Waals surface area contributed by atoms with Crippen LogP contribution in [0.3, 0.4) is 0 Å². The monoisotopic (exact) mass is 632 g/mol. The van der Waals surface area contributed by atoms with Gasteiger partial charge in [0.1, 0.15) is 11.3 Å². The highest BCUT2D eigenvalue weighted by Gasteiger charge is 2.43. The first-order valence-electron chi connectivity index (χ1n) is 13.6. The van der Waals surface area contributed by atoms with E-state index < -0.39 is 17.4 Å². The number of alkyl halides is 3. The van der Waals surface area contributed by atoms with E-state index in [2.05, 4.69) is 16.5 Å². The minimum atomic E-state index is -4.68. The van der Waals surface area contributed by atoms with Crippen LogP contribution in [0.4, 0.5) is 24.1 Å². The molecular weight excluding hydrogens is 606 g/mol. The summed E-state index contributed by atoms with van der Waals surface area (Å²) >= 11 is 3.83. The lowest BCUT2D eigenvalue weighted by atomic mass is 9.99. The molecule has 1 unspecified atom stereocenters. The Labute approximate surface area is 251 Å². The number of nitrogens with two attached hydrogens (primary N) is 1. The van der Waals surface area contributed by atoms with Gasteiger partial charge in [-0.1, -0.05) is 17.9 Å². The molecule has 2 fully saturated rings. The maximum absolute atomic E-state index is 15.0. The van der Waals surface area contributed by atoms with Crippen molar-refractivity contribution >= 4 is 72.4 Å². The summed E-state index contributed by atoms with van der Waals surface area (Å²) in [5.74, 6) is 0.799. The summed E-state index contributed by atoms with van der Waals surface area (Å²) in [6, 6.07) is 0.476. The maximum Gasteiger partial charge on any atom is 0.417 e. The number of carbonyl (C=O) groups is 1. The van der Waals surface area contributed by atoms with Crippen LogP contribution in [0.15, 0.2) is 33.8 Å². The number of carbonyl (C=O) groups excluding carboxylic acids is 1. The number of nitrogens with zero attached hydrogens (tertiary/aromatic N) is 5. The van der Waals surface area contributed by atoms with Gasteiger partial charge in [0, 0.05) is 52.2 Å². The number of nitrogen functional groups attached to an aromatic ring is 1. The Morgan fingerprint density at radius 2 is 1.95 bits per heavy atom. The van der Waals surface area contributed by atoms with Crippen molar-refractivity contribution in [3.63, 3.8) is 0 Å². The number of hydrogen-bond acceptors (Lipinski definition) is 9. The number of anilines is 2. The second-order valence-electron chi connectivity index (χ2n) is 11.2. The highest BCUT2D eigenvalue weighted by atomic mass is 32.2. The van der Waals surface area contributed by atoms with Crippen molar-refractivity contribution in [2.75, 3.05) is 29.5 Å². The number of piperazine rings is 1. The molecule has 220 valence electrons. The molecule has 4 aromatic rings. The van der Waals surface area contributed by atoms with E-state index in [1.807, 2.05) is 18.7 Å². The number of benzene rings is 1. The third-order valence-corrected chi connectivity index (χ3v) is 11.6. The molecule has 3 aromatic heterocycles. The van der Waals surface area contributed by atoms with Gasteiger partial charge in [0.15, 0.2) is 5.13 Å². The fraction of sp³-hybridized carbons (Fsp3) is 0.429. The first-order chi connectivity index (χ1) is 20.0. The first-order valence-corrected chi connectivity index (χ1v) is 16.3. The van der Waals surface area contributed by atoms with E-state index in [-0.39, 0.29) is 35.4 Å². The van der Waals surface area contributed by atoms with E-state index in [1.54, 1.807) is 14.8 Å². The molecule has 0 radical (unpaired) electrons. The van der Waals surface area contributed by atoms with Gasteiger partial charge in [0.25, 0.3) is 0 Å². The van der Waals surface area contributed by atoms with Crippen molar-refractivity contribution in [3.8, 4) is 10.4 Å². The first kappa shape index (κ1) is 27.7. The minimum Gasteiger partial charge on any atom is -0.375 e. The van der Waals surface area contributed by atoms with Crippen LogP contribution in [0, 0.1) is 5.92 Å². The molecule has 2 N–H and O–H groups in total. The number of halogens is 3. The second-order valence-corrected chi connectivity index (χ2v) is 14.2. The molecule has 2 aliphatic heterocycles.